The minimum Gasteiger partial charge on any atom is -0.481 e. The van der Waals surface area contributed by atoms with Crippen molar-refractivity contribution in [1.82, 2.24) is 10.6 Å². The largest absolute Gasteiger partial charge is 0.481 e. The summed E-state index contributed by atoms with van der Waals surface area (Å²) in [5.74, 6) is -3.40. The fraction of sp³-hybridized carbons (Fsp3) is 0.565. The first-order valence-electron chi connectivity index (χ1n) is 11.0. The molecule has 0 aromatic heterocycles. The Morgan fingerprint density at radius 2 is 1.66 bits per heavy atom. The van der Waals surface area contributed by atoms with Gasteiger partial charge in [0.05, 0.1) is 12.3 Å². The average Bonchev–Trinajstić information content (AvgIpc) is 2.71. The van der Waals surface area contributed by atoms with Gasteiger partial charge in [0.1, 0.15) is 6.04 Å². The van der Waals surface area contributed by atoms with E-state index >= 15 is 0 Å². The molecule has 0 saturated heterocycles. The van der Waals surface area contributed by atoms with E-state index in [0.29, 0.717) is 12.0 Å². The molecule has 9 heteroatoms. The molecule has 5 N–H and O–H groups in total. The molecule has 0 bridgehead atoms. The quantitative estimate of drug-likeness (QED) is 0.267. The first-order valence-corrected chi connectivity index (χ1v) is 11.8. The minimum atomic E-state index is -1.09. The van der Waals surface area contributed by atoms with Gasteiger partial charge in [-0.15, -0.1) is 0 Å². The van der Waals surface area contributed by atoms with Crippen molar-refractivity contribution in [3.63, 3.8) is 0 Å². The van der Waals surface area contributed by atoms with E-state index in [1.54, 1.807) is 31.2 Å². The summed E-state index contributed by atoms with van der Waals surface area (Å²) >= 11 is 3.32. The molecule has 3 atom stereocenters. The van der Waals surface area contributed by atoms with Crippen molar-refractivity contribution in [1.29, 1.82) is 0 Å². The van der Waals surface area contributed by atoms with Crippen molar-refractivity contribution < 1.29 is 24.3 Å². The third-order valence-electron chi connectivity index (χ3n) is 5.11. The molecule has 0 aliphatic rings. The van der Waals surface area contributed by atoms with Gasteiger partial charge in [-0.1, -0.05) is 60.7 Å². The molecule has 0 aliphatic heterocycles. The van der Waals surface area contributed by atoms with Crippen LogP contribution in [-0.4, -0.2) is 40.9 Å². The Labute approximate surface area is 197 Å². The first-order chi connectivity index (χ1) is 15.1. The second-order valence-electron chi connectivity index (χ2n) is 8.04. The van der Waals surface area contributed by atoms with Crippen LogP contribution in [0.3, 0.4) is 0 Å². The van der Waals surface area contributed by atoms with Crippen LogP contribution in [0, 0.1) is 0 Å². The maximum Gasteiger partial charge on any atom is 0.311 e. The standard InChI is InChI=1S/C23H34BrN3O5/c1-3-4-5-6-7-8-21(29)27-19(14-20(25)28)22(30)26-15(2)13-18(23(31)32)16-9-11-17(24)12-10-16/h9-12,15,18-19H,3-8,13-14H2,1-2H3,(H2,25,28)(H,26,30)(H,27,29)(H,31,32)/t15-,18?,19+/m0/s1. The molecular weight excluding hydrogens is 478 g/mol. The number of carboxylic acids is 1. The molecule has 8 nitrogen and oxygen atoms in total. The summed E-state index contributed by atoms with van der Waals surface area (Å²) in [5.41, 5.74) is 5.87. The topological polar surface area (TPSA) is 139 Å². The average molecular weight is 512 g/mol. The van der Waals surface area contributed by atoms with Crippen molar-refractivity contribution in [3.8, 4) is 0 Å². The summed E-state index contributed by atoms with van der Waals surface area (Å²) in [4.78, 5) is 48.1. The number of halogens is 1. The maximum atomic E-state index is 12.7. The second-order valence-corrected chi connectivity index (χ2v) is 8.96. The number of benzene rings is 1. The van der Waals surface area contributed by atoms with Gasteiger partial charge in [0.2, 0.25) is 17.7 Å². The summed E-state index contributed by atoms with van der Waals surface area (Å²) < 4.78 is 0.835. The number of amides is 3. The van der Waals surface area contributed by atoms with Crippen molar-refractivity contribution in [2.75, 3.05) is 0 Å². The van der Waals surface area contributed by atoms with Crippen LogP contribution in [0.2, 0.25) is 0 Å². The van der Waals surface area contributed by atoms with Crippen molar-refractivity contribution >= 4 is 39.6 Å². The zero-order chi connectivity index (χ0) is 24.1. The third kappa shape index (κ3) is 10.7. The molecule has 1 aromatic rings. The van der Waals surface area contributed by atoms with Crippen LogP contribution in [0.4, 0.5) is 0 Å². The van der Waals surface area contributed by atoms with E-state index in [9.17, 15) is 24.3 Å². The number of nitrogens with one attached hydrogen (secondary N) is 2. The predicted octanol–water partition coefficient (Wildman–Crippen LogP) is 3.23. The van der Waals surface area contributed by atoms with E-state index in [1.807, 2.05) is 0 Å². The van der Waals surface area contributed by atoms with Gasteiger partial charge >= 0.3 is 5.97 Å². The molecule has 1 aromatic carbocycles. The Morgan fingerprint density at radius 1 is 1.03 bits per heavy atom. The molecule has 0 saturated carbocycles. The highest BCUT2D eigenvalue weighted by Gasteiger charge is 2.27. The number of rotatable bonds is 15. The zero-order valence-corrected chi connectivity index (χ0v) is 20.3. The number of primary amides is 1. The highest BCUT2D eigenvalue weighted by Crippen LogP contribution is 2.23. The smallest absolute Gasteiger partial charge is 0.311 e. The molecule has 32 heavy (non-hydrogen) atoms. The molecule has 1 unspecified atom stereocenters. The number of unbranched alkanes of at least 4 members (excludes halogenated alkanes) is 4. The molecule has 1 rings (SSSR count). The lowest BCUT2D eigenvalue weighted by molar-refractivity contribution is -0.139. The van der Waals surface area contributed by atoms with Gasteiger partial charge in [-0.2, -0.15) is 0 Å². The molecule has 0 heterocycles. The summed E-state index contributed by atoms with van der Waals surface area (Å²) in [6.45, 7) is 3.79. The van der Waals surface area contributed by atoms with Crippen LogP contribution in [0.1, 0.15) is 76.7 Å². The van der Waals surface area contributed by atoms with E-state index in [-0.39, 0.29) is 25.2 Å². The Balaban J connectivity index is 2.68. The number of nitrogens with two attached hydrogens (primary N) is 1. The van der Waals surface area contributed by atoms with Crippen LogP contribution in [0.25, 0.3) is 0 Å². The van der Waals surface area contributed by atoms with Crippen molar-refractivity contribution in [2.45, 2.75) is 83.2 Å². The Bertz CT molecular complexity index is 769. The molecule has 0 spiro atoms. The van der Waals surface area contributed by atoms with E-state index in [1.165, 1.54) is 0 Å². The highest BCUT2D eigenvalue weighted by molar-refractivity contribution is 9.10. The van der Waals surface area contributed by atoms with Gasteiger partial charge in [0.15, 0.2) is 0 Å². The lowest BCUT2D eigenvalue weighted by Gasteiger charge is -2.23. The van der Waals surface area contributed by atoms with E-state index in [4.69, 9.17) is 5.73 Å². The maximum absolute atomic E-state index is 12.7. The number of carbonyl (C=O) groups is 4. The second kappa shape index (κ2) is 14.6. The Kier molecular flexibility index (Phi) is 12.6. The molecule has 0 fully saturated rings. The Morgan fingerprint density at radius 3 is 2.22 bits per heavy atom. The first kappa shape index (κ1) is 27.6. The molecular formula is C23H34BrN3O5. The van der Waals surface area contributed by atoms with Gasteiger partial charge in [-0.25, -0.2) is 0 Å². The van der Waals surface area contributed by atoms with Crippen molar-refractivity contribution in [3.05, 3.63) is 34.3 Å². The van der Waals surface area contributed by atoms with E-state index < -0.39 is 35.8 Å². The summed E-state index contributed by atoms with van der Waals surface area (Å²) in [6.07, 6.45) is 5.01. The van der Waals surface area contributed by atoms with E-state index in [2.05, 4.69) is 33.5 Å². The Hall–Kier alpha value is -2.42. The third-order valence-corrected chi connectivity index (χ3v) is 5.64. The zero-order valence-electron chi connectivity index (χ0n) is 18.7. The van der Waals surface area contributed by atoms with E-state index in [0.717, 1.165) is 30.2 Å². The van der Waals surface area contributed by atoms with Crippen LogP contribution < -0.4 is 16.4 Å². The monoisotopic (exact) mass is 511 g/mol. The molecule has 3 amide bonds. The number of aliphatic carboxylic acids is 1. The lowest BCUT2D eigenvalue weighted by atomic mass is 9.92. The van der Waals surface area contributed by atoms with Gasteiger partial charge in [-0.3, -0.25) is 19.2 Å². The normalized spacial score (nSPS) is 13.6. The molecule has 0 radical (unpaired) electrons. The van der Waals surface area contributed by atoms with Crippen LogP contribution in [0.5, 0.6) is 0 Å². The van der Waals surface area contributed by atoms with Crippen LogP contribution >= 0.6 is 15.9 Å². The minimum absolute atomic E-state index is 0.150. The lowest BCUT2D eigenvalue weighted by Crippen LogP contribution is -2.50. The number of hydrogen-bond acceptors (Lipinski definition) is 4. The molecule has 178 valence electrons. The summed E-state index contributed by atoms with van der Waals surface area (Å²) in [7, 11) is 0. The SMILES string of the molecule is CCCCCCCC(=O)N[C@H](CC(N)=O)C(=O)N[C@@H](C)CC(C(=O)O)c1ccc(Br)cc1. The van der Waals surface area contributed by atoms with Crippen LogP contribution in [0.15, 0.2) is 28.7 Å². The van der Waals surface area contributed by atoms with Gasteiger partial charge in [0, 0.05) is 16.9 Å². The van der Waals surface area contributed by atoms with Crippen molar-refractivity contribution in [2.24, 2.45) is 5.73 Å². The van der Waals surface area contributed by atoms with Gasteiger partial charge in [-0.05, 0) is 37.5 Å². The van der Waals surface area contributed by atoms with Gasteiger partial charge in [0.25, 0.3) is 0 Å². The van der Waals surface area contributed by atoms with Crippen LogP contribution in [-0.2, 0) is 19.2 Å². The number of carbonyl (C=O) groups excluding carboxylic acids is 3. The molecule has 0 aliphatic carbocycles. The predicted molar refractivity (Wildman–Crippen MR) is 126 cm³/mol. The van der Waals surface area contributed by atoms with Gasteiger partial charge < -0.3 is 21.5 Å². The fourth-order valence-corrected chi connectivity index (χ4v) is 3.66. The summed E-state index contributed by atoms with van der Waals surface area (Å²) in [6, 6.07) is 5.36. The number of carboxylic acid groups (broad SMARTS) is 1. The fourth-order valence-electron chi connectivity index (χ4n) is 3.40. The number of hydrogen-bond donors (Lipinski definition) is 4. The highest BCUT2D eigenvalue weighted by atomic mass is 79.9. The summed E-state index contributed by atoms with van der Waals surface area (Å²) in [5, 5.41) is 14.9.